The van der Waals surface area contributed by atoms with Crippen LogP contribution in [0.3, 0.4) is 0 Å². The Morgan fingerprint density at radius 2 is 1.59 bits per heavy atom. The topological polar surface area (TPSA) is 83.6 Å². The van der Waals surface area contributed by atoms with Gasteiger partial charge in [-0.2, -0.15) is 4.72 Å². The Balaban J connectivity index is 1.67. The van der Waals surface area contributed by atoms with Crippen molar-refractivity contribution < 1.29 is 18.0 Å². The minimum Gasteiger partial charge on any atom is -0.341 e. The first-order chi connectivity index (χ1) is 15.2. The molecule has 1 aliphatic heterocycles. The van der Waals surface area contributed by atoms with Gasteiger partial charge in [0.1, 0.15) is 6.04 Å². The Hall–Kier alpha value is -2.51. The molecule has 1 fully saturated rings. The van der Waals surface area contributed by atoms with Gasteiger partial charge in [0.05, 0.1) is 4.90 Å². The van der Waals surface area contributed by atoms with Crippen LogP contribution in [0.15, 0.2) is 59.5 Å². The molecule has 1 saturated heterocycles. The summed E-state index contributed by atoms with van der Waals surface area (Å²) in [6.07, 6.45) is 1.57. The van der Waals surface area contributed by atoms with Crippen molar-refractivity contribution in [1.29, 1.82) is 0 Å². The van der Waals surface area contributed by atoms with Crippen LogP contribution in [0.5, 0.6) is 0 Å². The number of ketones is 1. The summed E-state index contributed by atoms with van der Waals surface area (Å²) in [5.74, 6) is -0.0902. The van der Waals surface area contributed by atoms with E-state index in [0.717, 1.165) is 5.56 Å². The number of likely N-dealkylation sites (tertiary alicyclic amines) is 1. The van der Waals surface area contributed by atoms with Crippen molar-refractivity contribution in [2.45, 2.75) is 51.0 Å². The monoisotopic (exact) mass is 456 g/mol. The van der Waals surface area contributed by atoms with Gasteiger partial charge in [-0.15, -0.1) is 0 Å². The maximum Gasteiger partial charge on any atom is 0.241 e. The van der Waals surface area contributed by atoms with Crippen molar-refractivity contribution in [2.24, 2.45) is 11.8 Å². The molecule has 2 aromatic carbocycles. The number of rotatable bonds is 8. The molecular weight excluding hydrogens is 424 g/mol. The van der Waals surface area contributed by atoms with E-state index in [1.807, 2.05) is 51.1 Å². The molecule has 6 nitrogen and oxygen atoms in total. The summed E-state index contributed by atoms with van der Waals surface area (Å²) in [7, 11) is -3.82. The fraction of sp³-hybridized carbons (Fsp3) is 0.440. The van der Waals surface area contributed by atoms with Gasteiger partial charge in [-0.3, -0.25) is 9.59 Å². The Morgan fingerprint density at radius 1 is 1.00 bits per heavy atom. The molecule has 1 unspecified atom stereocenters. The van der Waals surface area contributed by atoms with Crippen molar-refractivity contribution in [3.05, 3.63) is 65.7 Å². The first-order valence-electron chi connectivity index (χ1n) is 11.1. The summed E-state index contributed by atoms with van der Waals surface area (Å²) in [6.45, 7) is 6.71. The lowest BCUT2D eigenvalue weighted by molar-refractivity contribution is -0.134. The van der Waals surface area contributed by atoms with Crippen LogP contribution in [0, 0.1) is 18.8 Å². The van der Waals surface area contributed by atoms with Crippen LogP contribution in [-0.2, 0) is 14.8 Å². The first kappa shape index (κ1) is 24.1. The highest BCUT2D eigenvalue weighted by Gasteiger charge is 2.33. The fourth-order valence-electron chi connectivity index (χ4n) is 4.06. The van der Waals surface area contributed by atoms with Gasteiger partial charge in [-0.25, -0.2) is 8.42 Å². The largest absolute Gasteiger partial charge is 0.341 e. The van der Waals surface area contributed by atoms with Crippen LogP contribution in [0.2, 0.25) is 0 Å². The zero-order valence-corrected chi connectivity index (χ0v) is 19.8. The van der Waals surface area contributed by atoms with Crippen molar-refractivity contribution in [2.75, 3.05) is 13.1 Å². The molecule has 1 atom stereocenters. The number of nitrogens with one attached hydrogen (secondary N) is 1. The molecule has 172 valence electrons. The van der Waals surface area contributed by atoms with E-state index in [2.05, 4.69) is 4.72 Å². The van der Waals surface area contributed by atoms with Gasteiger partial charge in [0.15, 0.2) is 5.78 Å². The van der Waals surface area contributed by atoms with Crippen molar-refractivity contribution in [3.8, 4) is 0 Å². The number of carbonyl (C=O) groups excluding carboxylic acids is 2. The highest BCUT2D eigenvalue weighted by molar-refractivity contribution is 7.89. The number of sulfonamides is 1. The average molecular weight is 457 g/mol. The molecule has 1 N–H and O–H groups in total. The Labute approximate surface area is 191 Å². The first-order valence-corrected chi connectivity index (χ1v) is 12.6. The summed E-state index contributed by atoms with van der Waals surface area (Å²) >= 11 is 0. The van der Waals surface area contributed by atoms with Crippen LogP contribution >= 0.6 is 0 Å². The number of Topliss-reactive ketones (excluding diaryl/α,β-unsaturated/α-hetero) is 1. The number of hydrogen-bond donors (Lipinski definition) is 1. The quantitative estimate of drug-likeness (QED) is 0.612. The molecule has 1 amide bonds. The zero-order chi connectivity index (χ0) is 23.3. The van der Waals surface area contributed by atoms with Crippen LogP contribution in [-0.4, -0.2) is 44.1 Å². The molecule has 32 heavy (non-hydrogen) atoms. The number of hydrogen-bond acceptors (Lipinski definition) is 4. The molecule has 7 heteroatoms. The van der Waals surface area contributed by atoms with Gasteiger partial charge < -0.3 is 4.90 Å². The van der Waals surface area contributed by atoms with E-state index in [1.165, 1.54) is 0 Å². The highest BCUT2D eigenvalue weighted by atomic mass is 32.2. The van der Waals surface area contributed by atoms with E-state index >= 15 is 0 Å². The SMILES string of the molecule is Cc1ccc(S(=O)(=O)NC(CC(C)C)C(=O)N2CCC(C(=O)c3ccccc3)CC2)cc1. The van der Waals surface area contributed by atoms with Gasteiger partial charge in [0, 0.05) is 24.6 Å². The van der Waals surface area contributed by atoms with Crippen molar-refractivity contribution in [1.82, 2.24) is 9.62 Å². The van der Waals surface area contributed by atoms with Crippen LogP contribution in [0.25, 0.3) is 0 Å². The fourth-order valence-corrected chi connectivity index (χ4v) is 5.27. The summed E-state index contributed by atoms with van der Waals surface area (Å²) in [6, 6.07) is 15.0. The molecule has 0 aliphatic carbocycles. The maximum atomic E-state index is 13.3. The van der Waals surface area contributed by atoms with E-state index in [1.54, 1.807) is 29.2 Å². The normalized spacial score (nSPS) is 16.2. The average Bonchev–Trinajstić information content (AvgIpc) is 2.78. The lowest BCUT2D eigenvalue weighted by Crippen LogP contribution is -2.51. The molecule has 0 aromatic heterocycles. The number of aryl methyl sites for hydroxylation is 1. The standard InChI is InChI=1S/C25H32N2O4S/c1-18(2)17-23(26-32(30,31)22-11-9-19(3)10-12-22)25(29)27-15-13-21(14-16-27)24(28)20-7-5-4-6-8-20/h4-12,18,21,23,26H,13-17H2,1-3H3. The second kappa shape index (κ2) is 10.4. The predicted molar refractivity (Wildman–Crippen MR) is 125 cm³/mol. The minimum atomic E-state index is -3.82. The molecule has 0 bridgehead atoms. The zero-order valence-electron chi connectivity index (χ0n) is 19.0. The highest BCUT2D eigenvalue weighted by Crippen LogP contribution is 2.23. The number of nitrogens with zero attached hydrogens (tertiary/aromatic N) is 1. The van der Waals surface area contributed by atoms with Gasteiger partial charge >= 0.3 is 0 Å². The summed E-state index contributed by atoms with van der Waals surface area (Å²) in [5.41, 5.74) is 1.66. The van der Waals surface area contributed by atoms with Gasteiger partial charge in [-0.05, 0) is 44.2 Å². The van der Waals surface area contributed by atoms with Gasteiger partial charge in [-0.1, -0.05) is 61.9 Å². The molecule has 0 spiro atoms. The molecule has 0 saturated carbocycles. The van der Waals surface area contributed by atoms with E-state index < -0.39 is 16.1 Å². The summed E-state index contributed by atoms with van der Waals surface area (Å²) in [5, 5.41) is 0. The number of amides is 1. The van der Waals surface area contributed by atoms with Crippen LogP contribution in [0.4, 0.5) is 0 Å². The third-order valence-corrected chi connectivity index (χ3v) is 7.36. The molecule has 3 rings (SSSR count). The minimum absolute atomic E-state index is 0.108. The lowest BCUT2D eigenvalue weighted by Gasteiger charge is -2.34. The molecule has 1 aliphatic rings. The Morgan fingerprint density at radius 3 is 2.16 bits per heavy atom. The lowest BCUT2D eigenvalue weighted by atomic mass is 9.88. The predicted octanol–water partition coefficient (Wildman–Crippen LogP) is 3.81. The van der Waals surface area contributed by atoms with E-state index in [-0.39, 0.29) is 28.4 Å². The number of carbonyl (C=O) groups is 2. The third-order valence-electron chi connectivity index (χ3n) is 5.87. The van der Waals surface area contributed by atoms with E-state index in [9.17, 15) is 18.0 Å². The Bertz CT molecular complexity index is 1030. The number of benzene rings is 2. The van der Waals surface area contributed by atoms with Crippen molar-refractivity contribution >= 4 is 21.7 Å². The second-order valence-electron chi connectivity index (χ2n) is 8.95. The van der Waals surface area contributed by atoms with Crippen LogP contribution in [0.1, 0.15) is 49.0 Å². The molecule has 0 radical (unpaired) electrons. The van der Waals surface area contributed by atoms with Crippen molar-refractivity contribution in [3.63, 3.8) is 0 Å². The smallest absolute Gasteiger partial charge is 0.241 e. The molecule has 2 aromatic rings. The van der Waals surface area contributed by atoms with Crippen LogP contribution < -0.4 is 4.72 Å². The van der Waals surface area contributed by atoms with Gasteiger partial charge in [0.2, 0.25) is 15.9 Å². The summed E-state index contributed by atoms with van der Waals surface area (Å²) < 4.78 is 28.4. The second-order valence-corrected chi connectivity index (χ2v) is 10.7. The molecule has 1 heterocycles. The van der Waals surface area contributed by atoms with E-state index in [0.29, 0.717) is 37.9 Å². The molecular formula is C25H32N2O4S. The van der Waals surface area contributed by atoms with E-state index in [4.69, 9.17) is 0 Å². The summed E-state index contributed by atoms with van der Waals surface area (Å²) in [4.78, 5) is 27.8. The number of piperidine rings is 1. The van der Waals surface area contributed by atoms with Gasteiger partial charge in [0.25, 0.3) is 0 Å². The Kier molecular flexibility index (Phi) is 7.85. The third kappa shape index (κ3) is 6.04. The maximum absolute atomic E-state index is 13.3.